The first-order valence-electron chi connectivity index (χ1n) is 6.89. The molecule has 0 aliphatic heterocycles. The Kier molecular flexibility index (Phi) is 5.43. The number of anilines is 1. The zero-order chi connectivity index (χ0) is 13.5. The number of rotatable bonds is 7. The van der Waals surface area contributed by atoms with Gasteiger partial charge in [-0.05, 0) is 42.2 Å². The number of nitrogens with one attached hydrogen (secondary N) is 1. The average Bonchev–Trinajstić information content (AvgIpc) is 2.96. The van der Waals surface area contributed by atoms with Crippen molar-refractivity contribution in [2.75, 3.05) is 18.4 Å². The molecule has 3 heteroatoms. The van der Waals surface area contributed by atoms with Crippen molar-refractivity contribution < 1.29 is 0 Å². The molecule has 1 N–H and O–H groups in total. The van der Waals surface area contributed by atoms with Gasteiger partial charge < -0.3 is 5.32 Å². The second-order valence-electron chi connectivity index (χ2n) is 4.59. The molecule has 0 bridgehead atoms. The third kappa shape index (κ3) is 4.37. The van der Waals surface area contributed by atoms with Gasteiger partial charge in [0.15, 0.2) is 0 Å². The highest BCUT2D eigenvalue weighted by atomic mass is 32.1. The summed E-state index contributed by atoms with van der Waals surface area (Å²) in [5, 5.41) is 5.61. The van der Waals surface area contributed by atoms with Crippen molar-refractivity contribution >= 4 is 17.0 Å². The highest BCUT2D eigenvalue weighted by Crippen LogP contribution is 2.15. The van der Waals surface area contributed by atoms with Gasteiger partial charge >= 0.3 is 0 Å². The lowest BCUT2D eigenvalue weighted by molar-refractivity contribution is 0.296. The average molecular weight is 274 g/mol. The van der Waals surface area contributed by atoms with Gasteiger partial charge in [0, 0.05) is 23.7 Å². The fraction of sp³-hybridized carbons (Fsp3) is 0.375. The molecule has 0 radical (unpaired) electrons. The Morgan fingerprint density at radius 1 is 1.11 bits per heavy atom. The monoisotopic (exact) mass is 274 g/mol. The predicted octanol–water partition coefficient (Wildman–Crippen LogP) is 4.20. The zero-order valence-corrected chi connectivity index (χ0v) is 12.5. The van der Waals surface area contributed by atoms with Crippen LogP contribution >= 0.6 is 11.3 Å². The second kappa shape index (κ2) is 7.31. The van der Waals surface area contributed by atoms with E-state index in [-0.39, 0.29) is 0 Å². The van der Waals surface area contributed by atoms with Crippen molar-refractivity contribution in [2.24, 2.45) is 0 Å². The van der Waals surface area contributed by atoms with Crippen LogP contribution in [0.5, 0.6) is 0 Å². The first-order chi connectivity index (χ1) is 9.31. The van der Waals surface area contributed by atoms with E-state index in [4.69, 9.17) is 0 Å². The van der Waals surface area contributed by atoms with E-state index >= 15 is 0 Å². The molecule has 0 unspecified atom stereocenters. The predicted molar refractivity (Wildman–Crippen MR) is 84.7 cm³/mol. The molecule has 102 valence electrons. The lowest BCUT2D eigenvalue weighted by Gasteiger charge is -2.18. The molecule has 1 aromatic heterocycles. The van der Waals surface area contributed by atoms with Crippen LogP contribution in [0.1, 0.15) is 24.3 Å². The van der Waals surface area contributed by atoms with Gasteiger partial charge in [0.2, 0.25) is 0 Å². The van der Waals surface area contributed by atoms with Gasteiger partial charge in [0.1, 0.15) is 0 Å². The summed E-state index contributed by atoms with van der Waals surface area (Å²) in [6.45, 7) is 8.56. The molecule has 2 nitrogen and oxygen atoms in total. The third-order valence-electron chi connectivity index (χ3n) is 3.27. The summed E-state index contributed by atoms with van der Waals surface area (Å²) in [5.41, 5.74) is 2.58. The number of thiophene rings is 1. The van der Waals surface area contributed by atoms with Crippen molar-refractivity contribution in [3.63, 3.8) is 0 Å². The lowest BCUT2D eigenvalue weighted by Crippen LogP contribution is -2.22. The molecule has 1 aromatic carbocycles. The van der Waals surface area contributed by atoms with E-state index < -0.39 is 0 Å². The molecular formula is C16H22N2S. The molecule has 2 aromatic rings. The van der Waals surface area contributed by atoms with Crippen LogP contribution in [0.25, 0.3) is 0 Å². The molecule has 19 heavy (non-hydrogen) atoms. The van der Waals surface area contributed by atoms with Crippen LogP contribution in [0.2, 0.25) is 0 Å². The Morgan fingerprint density at radius 2 is 1.95 bits per heavy atom. The van der Waals surface area contributed by atoms with Crippen LogP contribution < -0.4 is 5.32 Å². The molecule has 0 saturated heterocycles. The minimum Gasteiger partial charge on any atom is -0.380 e. The molecule has 0 aliphatic rings. The van der Waals surface area contributed by atoms with Crippen molar-refractivity contribution in [1.29, 1.82) is 0 Å². The summed E-state index contributed by atoms with van der Waals surface area (Å²) in [7, 11) is 0. The molecule has 0 aliphatic carbocycles. The van der Waals surface area contributed by atoms with Gasteiger partial charge in [-0.15, -0.1) is 11.3 Å². The largest absolute Gasteiger partial charge is 0.380 e. The van der Waals surface area contributed by atoms with E-state index in [1.807, 2.05) is 0 Å². The number of hydrogen-bond acceptors (Lipinski definition) is 3. The first kappa shape index (κ1) is 14.1. The normalized spacial score (nSPS) is 10.9. The van der Waals surface area contributed by atoms with Crippen LogP contribution in [0, 0.1) is 0 Å². The maximum atomic E-state index is 3.49. The van der Waals surface area contributed by atoms with Crippen molar-refractivity contribution in [2.45, 2.75) is 26.9 Å². The van der Waals surface area contributed by atoms with Crippen LogP contribution in [-0.4, -0.2) is 18.0 Å². The zero-order valence-electron chi connectivity index (χ0n) is 11.7. The topological polar surface area (TPSA) is 15.3 Å². The van der Waals surface area contributed by atoms with Crippen molar-refractivity contribution in [3.05, 3.63) is 52.2 Å². The highest BCUT2D eigenvalue weighted by Gasteiger charge is 2.02. The van der Waals surface area contributed by atoms with Crippen LogP contribution in [-0.2, 0) is 13.1 Å². The fourth-order valence-electron chi connectivity index (χ4n) is 2.09. The molecular weight excluding hydrogens is 252 g/mol. The molecule has 0 spiro atoms. The van der Waals surface area contributed by atoms with Crippen LogP contribution in [0.4, 0.5) is 5.69 Å². The van der Waals surface area contributed by atoms with Gasteiger partial charge in [0.05, 0.1) is 0 Å². The summed E-state index contributed by atoms with van der Waals surface area (Å²) in [5.74, 6) is 0. The standard InChI is InChI=1S/C16H22N2S/c1-3-18(4-2)13-14-7-5-8-15(11-14)17-12-16-9-6-10-19-16/h5-11,17H,3-4,12-13H2,1-2H3. The summed E-state index contributed by atoms with van der Waals surface area (Å²) >= 11 is 1.79. The summed E-state index contributed by atoms with van der Waals surface area (Å²) in [6, 6.07) is 13.0. The Morgan fingerprint density at radius 3 is 2.63 bits per heavy atom. The Bertz CT molecular complexity index is 475. The van der Waals surface area contributed by atoms with Gasteiger partial charge in [-0.3, -0.25) is 4.90 Å². The summed E-state index contributed by atoms with van der Waals surface area (Å²) in [6.07, 6.45) is 0. The smallest absolute Gasteiger partial charge is 0.0494 e. The second-order valence-corrected chi connectivity index (χ2v) is 5.63. The van der Waals surface area contributed by atoms with Crippen LogP contribution in [0.3, 0.4) is 0 Å². The molecule has 0 amide bonds. The SMILES string of the molecule is CCN(CC)Cc1cccc(NCc2cccs2)c1. The number of hydrogen-bond donors (Lipinski definition) is 1. The molecule has 0 fully saturated rings. The molecule has 0 atom stereocenters. The Labute approximate surface area is 120 Å². The minimum absolute atomic E-state index is 0.909. The number of benzene rings is 1. The Hall–Kier alpha value is -1.32. The molecule has 2 rings (SSSR count). The maximum Gasteiger partial charge on any atom is 0.0494 e. The lowest BCUT2D eigenvalue weighted by atomic mass is 10.2. The summed E-state index contributed by atoms with van der Waals surface area (Å²) in [4.78, 5) is 3.80. The van der Waals surface area contributed by atoms with E-state index in [9.17, 15) is 0 Å². The van der Waals surface area contributed by atoms with Crippen molar-refractivity contribution in [3.8, 4) is 0 Å². The van der Waals surface area contributed by atoms with E-state index in [1.54, 1.807) is 11.3 Å². The quantitative estimate of drug-likeness (QED) is 0.814. The van der Waals surface area contributed by atoms with Gasteiger partial charge in [0.25, 0.3) is 0 Å². The van der Waals surface area contributed by atoms with E-state index in [0.717, 1.165) is 26.2 Å². The third-order valence-corrected chi connectivity index (χ3v) is 4.15. The van der Waals surface area contributed by atoms with Crippen LogP contribution in [0.15, 0.2) is 41.8 Å². The fourth-order valence-corrected chi connectivity index (χ4v) is 2.73. The summed E-state index contributed by atoms with van der Waals surface area (Å²) < 4.78 is 0. The number of nitrogens with zero attached hydrogens (tertiary/aromatic N) is 1. The van der Waals surface area contributed by atoms with Gasteiger partial charge in [-0.2, -0.15) is 0 Å². The van der Waals surface area contributed by atoms with E-state index in [0.29, 0.717) is 0 Å². The first-order valence-corrected chi connectivity index (χ1v) is 7.77. The van der Waals surface area contributed by atoms with E-state index in [2.05, 4.69) is 65.8 Å². The van der Waals surface area contributed by atoms with Gasteiger partial charge in [-0.1, -0.05) is 32.0 Å². The molecule has 1 heterocycles. The van der Waals surface area contributed by atoms with E-state index in [1.165, 1.54) is 16.1 Å². The van der Waals surface area contributed by atoms with Crippen molar-refractivity contribution in [1.82, 2.24) is 4.90 Å². The highest BCUT2D eigenvalue weighted by molar-refractivity contribution is 7.09. The minimum atomic E-state index is 0.909. The maximum absolute atomic E-state index is 3.49. The Balaban J connectivity index is 1.94. The van der Waals surface area contributed by atoms with Gasteiger partial charge in [-0.25, -0.2) is 0 Å². The molecule has 0 saturated carbocycles.